The maximum Gasteiger partial charge on any atom is 0.207 e. The predicted octanol–water partition coefficient (Wildman–Crippen LogP) is 7.32. The van der Waals surface area contributed by atoms with Crippen molar-refractivity contribution in [1.29, 1.82) is 0 Å². The molecule has 210 valence electrons. The lowest BCUT2D eigenvalue weighted by Gasteiger charge is -2.09. The van der Waals surface area contributed by atoms with Gasteiger partial charge in [0, 0.05) is 34.4 Å². The van der Waals surface area contributed by atoms with Gasteiger partial charge in [0.15, 0.2) is 0 Å². The SMILES string of the molecule is CC1CCCC1C=O.CNCc1ccc(-c2ccccc2OC)cc1.O=CNCC1=CC=C=C(c2cccs2)S1. The highest BCUT2D eigenvalue weighted by Crippen LogP contribution is 2.36. The summed E-state index contributed by atoms with van der Waals surface area (Å²) in [5.41, 5.74) is 6.80. The second-order valence-corrected chi connectivity index (χ2v) is 11.6. The summed E-state index contributed by atoms with van der Waals surface area (Å²) < 4.78 is 5.37. The third kappa shape index (κ3) is 9.68. The number of benzene rings is 2. The Morgan fingerprint density at radius 3 is 2.42 bits per heavy atom. The molecular formula is C33H38N2O3S2. The molecule has 5 rings (SSSR count). The average molecular weight is 575 g/mol. The van der Waals surface area contributed by atoms with Crippen LogP contribution in [0.2, 0.25) is 0 Å². The van der Waals surface area contributed by atoms with Crippen LogP contribution in [0.4, 0.5) is 0 Å². The molecule has 1 aromatic heterocycles. The number of methoxy groups -OCH3 is 1. The van der Waals surface area contributed by atoms with Gasteiger partial charge in [-0.25, -0.2) is 0 Å². The zero-order valence-electron chi connectivity index (χ0n) is 23.4. The quantitative estimate of drug-likeness (QED) is 0.207. The summed E-state index contributed by atoms with van der Waals surface area (Å²) in [4.78, 5) is 23.9. The van der Waals surface area contributed by atoms with Gasteiger partial charge in [0.1, 0.15) is 12.0 Å². The van der Waals surface area contributed by atoms with Crippen LogP contribution in [0.3, 0.4) is 0 Å². The van der Waals surface area contributed by atoms with E-state index in [1.165, 1.54) is 28.8 Å². The van der Waals surface area contributed by atoms with Crippen LogP contribution in [0.25, 0.3) is 16.0 Å². The number of carbonyl (C=O) groups excluding carboxylic acids is 2. The Balaban J connectivity index is 0.000000176. The summed E-state index contributed by atoms with van der Waals surface area (Å²) >= 11 is 3.35. The molecule has 1 fully saturated rings. The number of carbonyl (C=O) groups is 2. The first-order chi connectivity index (χ1) is 19.6. The Hall–Kier alpha value is -3.35. The smallest absolute Gasteiger partial charge is 0.207 e. The fourth-order valence-corrected chi connectivity index (χ4v) is 6.18. The van der Waals surface area contributed by atoms with Gasteiger partial charge in [-0.05, 0) is 60.2 Å². The van der Waals surface area contributed by atoms with Crippen molar-refractivity contribution in [2.75, 3.05) is 20.7 Å². The van der Waals surface area contributed by atoms with Crippen LogP contribution < -0.4 is 15.4 Å². The second-order valence-electron chi connectivity index (χ2n) is 9.49. The molecule has 1 amide bonds. The van der Waals surface area contributed by atoms with E-state index in [0.29, 0.717) is 24.8 Å². The maximum atomic E-state index is 10.2. The Kier molecular flexibility index (Phi) is 13.5. The topological polar surface area (TPSA) is 67.4 Å². The van der Waals surface area contributed by atoms with Gasteiger partial charge in [-0.3, -0.25) is 4.79 Å². The van der Waals surface area contributed by atoms with Crippen molar-refractivity contribution in [2.45, 2.75) is 32.7 Å². The lowest BCUT2D eigenvalue weighted by molar-refractivity contribution is -0.112. The van der Waals surface area contributed by atoms with E-state index in [0.717, 1.165) is 40.4 Å². The third-order valence-electron chi connectivity index (χ3n) is 6.68. The zero-order valence-corrected chi connectivity index (χ0v) is 25.0. The van der Waals surface area contributed by atoms with Gasteiger partial charge >= 0.3 is 0 Å². The van der Waals surface area contributed by atoms with Crippen molar-refractivity contribution >= 4 is 40.7 Å². The normalized spacial score (nSPS) is 17.3. The molecule has 0 radical (unpaired) electrons. The number of thioether (sulfide) groups is 1. The molecule has 5 nitrogen and oxygen atoms in total. The molecule has 40 heavy (non-hydrogen) atoms. The summed E-state index contributed by atoms with van der Waals surface area (Å²) in [7, 11) is 3.66. The minimum absolute atomic E-state index is 0.384. The lowest BCUT2D eigenvalue weighted by atomic mass is 10.0. The van der Waals surface area contributed by atoms with Crippen molar-refractivity contribution in [3.63, 3.8) is 0 Å². The Morgan fingerprint density at radius 2 is 1.82 bits per heavy atom. The monoisotopic (exact) mass is 574 g/mol. The molecule has 2 aliphatic rings. The van der Waals surface area contributed by atoms with Gasteiger partial charge in [0.05, 0.1) is 12.0 Å². The van der Waals surface area contributed by atoms with E-state index >= 15 is 0 Å². The van der Waals surface area contributed by atoms with Crippen LogP contribution >= 0.6 is 23.1 Å². The summed E-state index contributed by atoms with van der Waals surface area (Å²) in [6.07, 6.45) is 9.33. The van der Waals surface area contributed by atoms with E-state index in [-0.39, 0.29) is 0 Å². The molecule has 1 saturated carbocycles. The Morgan fingerprint density at radius 1 is 1.02 bits per heavy atom. The molecule has 2 heterocycles. The van der Waals surface area contributed by atoms with E-state index in [2.05, 4.69) is 59.7 Å². The molecule has 1 aliphatic heterocycles. The first-order valence-corrected chi connectivity index (χ1v) is 15.2. The van der Waals surface area contributed by atoms with Crippen LogP contribution in [0.5, 0.6) is 5.75 Å². The van der Waals surface area contributed by atoms with E-state index in [9.17, 15) is 9.59 Å². The number of nitrogens with one attached hydrogen (secondary N) is 2. The average Bonchev–Trinajstić information content (AvgIpc) is 3.70. The minimum atomic E-state index is 0.384. The fourth-order valence-electron chi connectivity index (χ4n) is 4.44. The van der Waals surface area contributed by atoms with Crippen molar-refractivity contribution in [3.05, 3.63) is 99.3 Å². The number of aldehydes is 1. The highest BCUT2D eigenvalue weighted by Gasteiger charge is 2.21. The fraction of sp³-hybridized carbons (Fsp3) is 0.303. The number of thiophene rings is 1. The minimum Gasteiger partial charge on any atom is -0.496 e. The molecule has 2 N–H and O–H groups in total. The van der Waals surface area contributed by atoms with Gasteiger partial charge in [-0.15, -0.1) is 17.1 Å². The molecule has 1 aliphatic carbocycles. The van der Waals surface area contributed by atoms with Gasteiger partial charge in [0.2, 0.25) is 6.41 Å². The number of ether oxygens (including phenoxy) is 1. The van der Waals surface area contributed by atoms with Crippen LogP contribution in [-0.2, 0) is 16.1 Å². The Bertz CT molecular complexity index is 1290. The van der Waals surface area contributed by atoms with Gasteiger partial charge in [-0.1, -0.05) is 80.1 Å². The highest BCUT2D eigenvalue weighted by molar-refractivity contribution is 8.12. The third-order valence-corrected chi connectivity index (χ3v) is 8.78. The number of allylic oxidation sites excluding steroid dienone is 2. The molecule has 2 unspecified atom stereocenters. The van der Waals surface area contributed by atoms with Crippen LogP contribution in [-0.4, -0.2) is 33.4 Å². The molecule has 0 bridgehead atoms. The lowest BCUT2D eigenvalue weighted by Crippen LogP contribution is -2.13. The van der Waals surface area contributed by atoms with Crippen molar-refractivity contribution < 1.29 is 14.3 Å². The number of hydrogen-bond acceptors (Lipinski definition) is 6. The largest absolute Gasteiger partial charge is 0.496 e. The van der Waals surface area contributed by atoms with Gasteiger partial charge < -0.3 is 20.2 Å². The summed E-state index contributed by atoms with van der Waals surface area (Å²) in [5.74, 6) is 1.95. The van der Waals surface area contributed by atoms with Gasteiger partial charge in [-0.2, -0.15) is 0 Å². The second kappa shape index (κ2) is 17.4. The van der Waals surface area contributed by atoms with Crippen molar-refractivity contribution in [1.82, 2.24) is 10.6 Å². The van der Waals surface area contributed by atoms with E-state index in [1.54, 1.807) is 30.2 Å². The molecule has 2 atom stereocenters. The predicted molar refractivity (Wildman–Crippen MR) is 169 cm³/mol. The molecule has 3 aromatic rings. The summed E-state index contributed by atoms with van der Waals surface area (Å²) in [6, 6.07) is 20.7. The number of rotatable bonds is 9. The van der Waals surface area contributed by atoms with Crippen LogP contribution in [0, 0.1) is 11.8 Å². The zero-order chi connectivity index (χ0) is 28.6. The Labute approximate surface area is 246 Å². The first-order valence-electron chi connectivity index (χ1n) is 13.5. The van der Waals surface area contributed by atoms with Crippen LogP contribution in [0.1, 0.15) is 36.6 Å². The number of para-hydroxylation sites is 1. The first kappa shape index (κ1) is 31.2. The molecule has 0 saturated heterocycles. The molecule has 7 heteroatoms. The van der Waals surface area contributed by atoms with Crippen molar-refractivity contribution in [3.8, 4) is 16.9 Å². The van der Waals surface area contributed by atoms with E-state index in [4.69, 9.17) is 4.74 Å². The molecular weight excluding hydrogens is 537 g/mol. The van der Waals surface area contributed by atoms with E-state index in [1.807, 2.05) is 48.8 Å². The summed E-state index contributed by atoms with van der Waals surface area (Å²) in [6.45, 7) is 3.64. The van der Waals surface area contributed by atoms with Crippen molar-refractivity contribution in [2.24, 2.45) is 11.8 Å². The van der Waals surface area contributed by atoms with Gasteiger partial charge in [0.25, 0.3) is 0 Å². The number of hydrogen-bond donors (Lipinski definition) is 2. The maximum absolute atomic E-state index is 10.2. The highest BCUT2D eigenvalue weighted by atomic mass is 32.2. The standard InChI is InChI=1S/C15H17NO.C11H9NOS2.C7H12O/c1-16-11-12-7-9-13(10-8-12)14-5-3-4-6-15(14)17-2;13-8-12-7-9-3-1-4-11(15-9)10-5-2-6-14-10;1-6-3-2-4-7(6)5-8/h3-10,16H,11H2,1-2H3;1-3,5-6,8H,7H2,(H,12,13);5-7H,2-4H2,1H3. The van der Waals surface area contributed by atoms with Crippen LogP contribution in [0.15, 0.2) is 88.8 Å². The number of amides is 1. The molecule has 2 aromatic carbocycles. The molecule has 0 spiro atoms. The van der Waals surface area contributed by atoms with E-state index < -0.39 is 0 Å². The summed E-state index contributed by atoms with van der Waals surface area (Å²) in [5, 5.41) is 7.85.